The highest BCUT2D eigenvalue weighted by Gasteiger charge is 2.34. The van der Waals surface area contributed by atoms with Crippen LogP contribution in [0.1, 0.15) is 36.8 Å². The van der Waals surface area contributed by atoms with Gasteiger partial charge in [-0.1, -0.05) is 0 Å². The predicted molar refractivity (Wildman–Crippen MR) is 124 cm³/mol. The van der Waals surface area contributed by atoms with E-state index in [0.29, 0.717) is 24.9 Å². The molecule has 2 aliphatic rings. The molecule has 0 unspecified atom stereocenters. The van der Waals surface area contributed by atoms with E-state index in [0.717, 1.165) is 55.6 Å². The van der Waals surface area contributed by atoms with Gasteiger partial charge >= 0.3 is 0 Å². The van der Waals surface area contributed by atoms with E-state index < -0.39 is 10.0 Å². The van der Waals surface area contributed by atoms with Crippen molar-refractivity contribution < 1.29 is 17.9 Å². The molecule has 3 heterocycles. The van der Waals surface area contributed by atoms with E-state index in [9.17, 15) is 8.42 Å². The molecule has 4 rings (SSSR count). The van der Waals surface area contributed by atoms with Gasteiger partial charge in [0.2, 0.25) is 10.0 Å². The minimum atomic E-state index is -3.58. The van der Waals surface area contributed by atoms with Gasteiger partial charge in [-0.25, -0.2) is 8.42 Å². The van der Waals surface area contributed by atoms with Gasteiger partial charge in [-0.15, -0.1) is 0 Å². The van der Waals surface area contributed by atoms with Gasteiger partial charge in [0, 0.05) is 44.6 Å². The van der Waals surface area contributed by atoms with Crippen LogP contribution in [-0.2, 0) is 10.0 Å². The molecule has 2 aromatic rings. The number of pyridine rings is 1. The van der Waals surface area contributed by atoms with E-state index in [-0.39, 0.29) is 11.0 Å². The quantitative estimate of drug-likeness (QED) is 0.659. The summed E-state index contributed by atoms with van der Waals surface area (Å²) in [5, 5.41) is 0. The molecule has 0 saturated carbocycles. The van der Waals surface area contributed by atoms with Crippen LogP contribution in [0, 0.1) is 13.8 Å². The van der Waals surface area contributed by atoms with Crippen molar-refractivity contribution in [3.63, 3.8) is 0 Å². The van der Waals surface area contributed by atoms with E-state index in [1.54, 1.807) is 22.8 Å². The summed E-state index contributed by atoms with van der Waals surface area (Å²) in [5.41, 5.74) is 1.98. The van der Waals surface area contributed by atoms with Crippen LogP contribution in [-0.4, -0.2) is 68.0 Å². The molecule has 174 valence electrons. The Kier molecular flexibility index (Phi) is 7.02. The van der Waals surface area contributed by atoms with E-state index in [1.165, 1.54) is 7.11 Å². The summed E-state index contributed by atoms with van der Waals surface area (Å²) in [7, 11) is -2.05. The second-order valence-electron chi connectivity index (χ2n) is 8.76. The van der Waals surface area contributed by atoms with Crippen LogP contribution in [0.25, 0.3) is 0 Å². The van der Waals surface area contributed by atoms with Crippen molar-refractivity contribution in [1.82, 2.24) is 14.2 Å². The number of aryl methyl sites for hydroxylation is 2. The zero-order valence-corrected chi connectivity index (χ0v) is 20.0. The molecule has 7 nitrogen and oxygen atoms in total. The second-order valence-corrected chi connectivity index (χ2v) is 10.7. The van der Waals surface area contributed by atoms with Gasteiger partial charge in [0.1, 0.15) is 22.5 Å². The van der Waals surface area contributed by atoms with E-state index in [1.807, 2.05) is 32.0 Å². The molecule has 0 N–H and O–H groups in total. The second kappa shape index (κ2) is 9.77. The molecular formula is C24H33N3O4S. The van der Waals surface area contributed by atoms with Gasteiger partial charge in [-0.2, -0.15) is 4.31 Å². The molecule has 2 fully saturated rings. The molecule has 0 spiro atoms. The summed E-state index contributed by atoms with van der Waals surface area (Å²) >= 11 is 0. The van der Waals surface area contributed by atoms with Gasteiger partial charge < -0.3 is 14.4 Å². The number of nitrogens with zero attached hydrogens (tertiary/aromatic N) is 3. The number of aromatic nitrogens is 1. The Morgan fingerprint density at radius 3 is 2.19 bits per heavy atom. The number of rotatable bonds is 6. The molecule has 0 amide bonds. The Balaban J connectivity index is 1.33. The summed E-state index contributed by atoms with van der Waals surface area (Å²) in [6, 6.07) is 7.76. The molecule has 0 atom stereocenters. The third-order valence-electron chi connectivity index (χ3n) is 6.77. The first-order valence-electron chi connectivity index (χ1n) is 11.3. The number of ether oxygens (including phenoxy) is 2. The van der Waals surface area contributed by atoms with Crippen molar-refractivity contribution in [3.05, 3.63) is 47.8 Å². The maximum atomic E-state index is 13.3. The first-order valence-corrected chi connectivity index (χ1v) is 12.8. The lowest BCUT2D eigenvalue weighted by Gasteiger charge is -2.41. The number of likely N-dealkylation sites (tertiary alicyclic amines) is 1. The number of sulfonamides is 1. The number of methoxy groups -OCH3 is 1. The molecule has 2 aliphatic heterocycles. The van der Waals surface area contributed by atoms with Crippen LogP contribution in [0.15, 0.2) is 41.6 Å². The fourth-order valence-corrected chi connectivity index (χ4v) is 6.37. The Morgan fingerprint density at radius 2 is 1.56 bits per heavy atom. The molecule has 0 aliphatic carbocycles. The zero-order valence-electron chi connectivity index (χ0n) is 19.2. The lowest BCUT2D eigenvalue weighted by atomic mass is 10.00. The van der Waals surface area contributed by atoms with Crippen molar-refractivity contribution in [3.8, 4) is 11.5 Å². The van der Waals surface area contributed by atoms with Crippen LogP contribution in [0.5, 0.6) is 11.5 Å². The van der Waals surface area contributed by atoms with Gasteiger partial charge in [0.25, 0.3) is 0 Å². The number of piperidine rings is 2. The molecule has 1 aromatic heterocycles. The maximum absolute atomic E-state index is 13.3. The fourth-order valence-electron chi connectivity index (χ4n) is 4.68. The highest BCUT2D eigenvalue weighted by atomic mass is 32.2. The Hall–Kier alpha value is -2.16. The van der Waals surface area contributed by atoms with Gasteiger partial charge in [-0.05, 0) is 74.9 Å². The molecular weight excluding hydrogens is 426 g/mol. The third-order valence-corrected chi connectivity index (χ3v) is 8.69. The Labute approximate surface area is 191 Å². The molecule has 1 aromatic carbocycles. The monoisotopic (exact) mass is 459 g/mol. The van der Waals surface area contributed by atoms with E-state index in [2.05, 4.69) is 9.88 Å². The number of hydrogen-bond donors (Lipinski definition) is 0. The first kappa shape index (κ1) is 23.0. The predicted octanol–water partition coefficient (Wildman–Crippen LogP) is 3.40. The maximum Gasteiger partial charge on any atom is 0.246 e. The molecule has 0 radical (unpaired) electrons. The summed E-state index contributed by atoms with van der Waals surface area (Å²) in [4.78, 5) is 6.81. The lowest BCUT2D eigenvalue weighted by Crippen LogP contribution is -2.50. The average Bonchev–Trinajstić information content (AvgIpc) is 2.82. The van der Waals surface area contributed by atoms with Crippen molar-refractivity contribution in [1.29, 1.82) is 0 Å². The van der Waals surface area contributed by atoms with Gasteiger partial charge in [0.15, 0.2) is 0 Å². The number of benzene rings is 1. The summed E-state index contributed by atoms with van der Waals surface area (Å²) in [6.07, 6.45) is 7.40. The van der Waals surface area contributed by atoms with Gasteiger partial charge in [0.05, 0.1) is 7.11 Å². The third kappa shape index (κ3) is 4.92. The molecule has 2 saturated heterocycles. The van der Waals surface area contributed by atoms with Crippen LogP contribution in [0.3, 0.4) is 0 Å². The smallest absolute Gasteiger partial charge is 0.246 e. The minimum absolute atomic E-state index is 0.228. The van der Waals surface area contributed by atoms with Crippen molar-refractivity contribution in [2.75, 3.05) is 33.3 Å². The Morgan fingerprint density at radius 1 is 0.938 bits per heavy atom. The van der Waals surface area contributed by atoms with Crippen molar-refractivity contribution in [2.24, 2.45) is 0 Å². The van der Waals surface area contributed by atoms with Crippen LogP contribution < -0.4 is 9.47 Å². The topological polar surface area (TPSA) is 72.0 Å². The lowest BCUT2D eigenvalue weighted by molar-refractivity contribution is 0.0585. The van der Waals surface area contributed by atoms with Gasteiger partial charge in [-0.3, -0.25) is 4.98 Å². The van der Waals surface area contributed by atoms with Crippen molar-refractivity contribution in [2.45, 2.75) is 56.6 Å². The first-order chi connectivity index (χ1) is 15.4. The zero-order chi connectivity index (χ0) is 22.7. The van der Waals surface area contributed by atoms with Crippen LogP contribution >= 0.6 is 0 Å². The number of hydrogen-bond acceptors (Lipinski definition) is 6. The van der Waals surface area contributed by atoms with Crippen LogP contribution in [0.2, 0.25) is 0 Å². The normalized spacial score (nSPS) is 19.7. The summed E-state index contributed by atoms with van der Waals surface area (Å²) in [6.45, 7) is 6.94. The standard InChI is InChI=1S/C24H33N3O4S/c1-18-16-23(30-3)24(17-19(18)2)32(28,29)27-14-6-20(7-15-27)26-12-8-22(9-13-26)31-21-4-10-25-11-5-21/h4-5,10-11,16-17,20,22H,6-9,12-15H2,1-3H3. The SMILES string of the molecule is COc1cc(C)c(C)cc1S(=O)(=O)N1CCC(N2CCC(Oc3ccncc3)CC2)CC1. The fraction of sp³-hybridized carbons (Fsp3) is 0.542. The molecule has 8 heteroatoms. The van der Waals surface area contributed by atoms with Crippen LogP contribution in [0.4, 0.5) is 0 Å². The summed E-state index contributed by atoms with van der Waals surface area (Å²) < 4.78 is 39.8. The molecule has 32 heavy (non-hydrogen) atoms. The van der Waals surface area contributed by atoms with E-state index >= 15 is 0 Å². The average molecular weight is 460 g/mol. The highest BCUT2D eigenvalue weighted by Crippen LogP contribution is 2.32. The minimum Gasteiger partial charge on any atom is -0.495 e. The Bertz CT molecular complexity index is 1010. The van der Waals surface area contributed by atoms with Crippen molar-refractivity contribution >= 4 is 10.0 Å². The largest absolute Gasteiger partial charge is 0.495 e. The van der Waals surface area contributed by atoms with E-state index in [4.69, 9.17) is 9.47 Å². The molecule has 0 bridgehead atoms. The highest BCUT2D eigenvalue weighted by molar-refractivity contribution is 7.89. The summed E-state index contributed by atoms with van der Waals surface area (Å²) in [5.74, 6) is 1.30.